The van der Waals surface area contributed by atoms with Crippen molar-refractivity contribution in [2.24, 2.45) is 0 Å². The van der Waals surface area contributed by atoms with Gasteiger partial charge >= 0.3 is 0 Å². The van der Waals surface area contributed by atoms with Crippen LogP contribution in [0.3, 0.4) is 0 Å². The Balaban J connectivity index is 2.25. The lowest BCUT2D eigenvalue weighted by atomic mass is 10.2. The van der Waals surface area contributed by atoms with Crippen LogP contribution >= 0.6 is 11.6 Å². The number of unbranched alkanes of at least 4 members (excludes halogenated alkanes) is 3. The molecule has 0 radical (unpaired) electrons. The largest absolute Gasteiger partial charge is 0.397 e. The first kappa shape index (κ1) is 15.8. The lowest BCUT2D eigenvalue weighted by Crippen LogP contribution is -2.19. The Morgan fingerprint density at radius 3 is 2.89 bits per heavy atom. The molecule has 0 unspecified atom stereocenters. The van der Waals surface area contributed by atoms with Crippen molar-refractivity contribution in [1.29, 1.82) is 0 Å². The van der Waals surface area contributed by atoms with Gasteiger partial charge in [-0.25, -0.2) is 0 Å². The van der Waals surface area contributed by atoms with Gasteiger partial charge in [0.25, 0.3) is 0 Å². The number of hydrogen-bond acceptors (Lipinski definition) is 3. The maximum absolute atomic E-state index is 11.6. The van der Waals surface area contributed by atoms with E-state index in [1.54, 1.807) is 18.2 Å². The van der Waals surface area contributed by atoms with Crippen molar-refractivity contribution in [3.05, 3.63) is 23.2 Å². The average Bonchev–Trinajstić information content (AvgIpc) is 2.38. The lowest BCUT2D eigenvalue weighted by molar-refractivity contribution is -0.120. The molecule has 5 heteroatoms. The standard InChI is InChI=1S/C14H21ClN2O2/c1-2-3-4-5-8-19-10-14(18)17-13-9-11(15)6-7-12(13)16/h6-7,9H,2-5,8,10,16H2,1H3,(H,17,18). The van der Waals surface area contributed by atoms with Gasteiger partial charge in [-0.05, 0) is 24.6 Å². The summed E-state index contributed by atoms with van der Waals surface area (Å²) in [6.07, 6.45) is 4.52. The summed E-state index contributed by atoms with van der Waals surface area (Å²) in [6.45, 7) is 2.81. The highest BCUT2D eigenvalue weighted by molar-refractivity contribution is 6.31. The molecule has 0 heterocycles. The Bertz CT molecular complexity index is 410. The minimum atomic E-state index is -0.218. The lowest BCUT2D eigenvalue weighted by Gasteiger charge is -2.09. The van der Waals surface area contributed by atoms with E-state index >= 15 is 0 Å². The van der Waals surface area contributed by atoms with Crippen LogP contribution in [0, 0.1) is 0 Å². The Hall–Kier alpha value is -1.26. The van der Waals surface area contributed by atoms with Crippen molar-refractivity contribution in [3.63, 3.8) is 0 Å². The van der Waals surface area contributed by atoms with Crippen LogP contribution in [-0.2, 0) is 9.53 Å². The van der Waals surface area contributed by atoms with Gasteiger partial charge in [-0.2, -0.15) is 0 Å². The van der Waals surface area contributed by atoms with E-state index < -0.39 is 0 Å². The normalized spacial score (nSPS) is 10.4. The van der Waals surface area contributed by atoms with Gasteiger partial charge in [0.05, 0.1) is 11.4 Å². The summed E-state index contributed by atoms with van der Waals surface area (Å²) in [4.78, 5) is 11.6. The van der Waals surface area contributed by atoms with Crippen molar-refractivity contribution >= 4 is 28.9 Å². The summed E-state index contributed by atoms with van der Waals surface area (Å²) in [5.74, 6) is -0.218. The monoisotopic (exact) mass is 284 g/mol. The van der Waals surface area contributed by atoms with E-state index in [4.69, 9.17) is 22.1 Å². The second-order valence-electron chi connectivity index (χ2n) is 4.39. The summed E-state index contributed by atoms with van der Waals surface area (Å²) < 4.78 is 5.30. The molecule has 4 nitrogen and oxygen atoms in total. The molecule has 1 rings (SSSR count). The summed E-state index contributed by atoms with van der Waals surface area (Å²) >= 11 is 5.84. The zero-order chi connectivity index (χ0) is 14.1. The number of rotatable bonds is 8. The third-order valence-electron chi connectivity index (χ3n) is 2.66. The fourth-order valence-corrected chi connectivity index (χ4v) is 1.79. The number of ether oxygens (including phenoxy) is 1. The van der Waals surface area contributed by atoms with Crippen molar-refractivity contribution in [1.82, 2.24) is 0 Å². The quantitative estimate of drug-likeness (QED) is 0.567. The van der Waals surface area contributed by atoms with E-state index in [-0.39, 0.29) is 12.5 Å². The smallest absolute Gasteiger partial charge is 0.250 e. The van der Waals surface area contributed by atoms with E-state index in [1.165, 1.54) is 12.8 Å². The zero-order valence-corrected chi connectivity index (χ0v) is 12.0. The first-order valence-corrected chi connectivity index (χ1v) is 6.94. The number of anilines is 2. The fourth-order valence-electron chi connectivity index (χ4n) is 1.62. The number of amides is 1. The molecule has 19 heavy (non-hydrogen) atoms. The highest BCUT2D eigenvalue weighted by Crippen LogP contribution is 2.22. The van der Waals surface area contributed by atoms with Gasteiger partial charge in [0.2, 0.25) is 5.91 Å². The number of nitrogen functional groups attached to an aromatic ring is 1. The van der Waals surface area contributed by atoms with Crippen LogP contribution in [0.4, 0.5) is 11.4 Å². The molecule has 1 aromatic carbocycles. The molecule has 0 aromatic heterocycles. The number of benzene rings is 1. The maximum Gasteiger partial charge on any atom is 0.250 e. The fraction of sp³-hybridized carbons (Fsp3) is 0.500. The van der Waals surface area contributed by atoms with Gasteiger partial charge in [-0.1, -0.05) is 37.8 Å². The molecule has 0 aliphatic rings. The zero-order valence-electron chi connectivity index (χ0n) is 11.2. The molecule has 3 N–H and O–H groups in total. The molecule has 0 fully saturated rings. The van der Waals surface area contributed by atoms with Gasteiger partial charge in [-0.3, -0.25) is 4.79 Å². The highest BCUT2D eigenvalue weighted by Gasteiger charge is 2.06. The van der Waals surface area contributed by atoms with Crippen LogP contribution in [0.5, 0.6) is 0 Å². The Morgan fingerprint density at radius 1 is 1.37 bits per heavy atom. The molecule has 0 aliphatic heterocycles. The van der Waals surface area contributed by atoms with Crippen LogP contribution in [0.1, 0.15) is 32.6 Å². The number of nitrogens with two attached hydrogens (primary N) is 1. The van der Waals surface area contributed by atoms with Gasteiger partial charge < -0.3 is 15.8 Å². The molecular formula is C14H21ClN2O2. The minimum absolute atomic E-state index is 0.0398. The highest BCUT2D eigenvalue weighted by atomic mass is 35.5. The first-order valence-electron chi connectivity index (χ1n) is 6.56. The number of carbonyl (C=O) groups excluding carboxylic acids is 1. The van der Waals surface area contributed by atoms with Crippen molar-refractivity contribution in [3.8, 4) is 0 Å². The van der Waals surface area contributed by atoms with Crippen LogP contribution < -0.4 is 11.1 Å². The summed E-state index contributed by atoms with van der Waals surface area (Å²) in [5.41, 5.74) is 6.74. The predicted octanol–water partition coefficient (Wildman–Crippen LogP) is 3.46. The van der Waals surface area contributed by atoms with Crippen LogP contribution in [0.25, 0.3) is 0 Å². The number of nitrogens with one attached hydrogen (secondary N) is 1. The van der Waals surface area contributed by atoms with Gasteiger partial charge in [0.15, 0.2) is 0 Å². The Morgan fingerprint density at radius 2 is 2.16 bits per heavy atom. The van der Waals surface area contributed by atoms with Crippen LogP contribution in [-0.4, -0.2) is 19.1 Å². The number of halogens is 1. The summed E-state index contributed by atoms with van der Waals surface area (Å²) in [5, 5.41) is 3.21. The second kappa shape index (κ2) is 8.77. The van der Waals surface area contributed by atoms with Gasteiger partial charge in [0.1, 0.15) is 6.61 Å². The summed E-state index contributed by atoms with van der Waals surface area (Å²) in [7, 11) is 0. The third kappa shape index (κ3) is 6.45. The Kier molecular flexibility index (Phi) is 7.30. The van der Waals surface area contributed by atoms with Gasteiger partial charge in [0, 0.05) is 11.6 Å². The topological polar surface area (TPSA) is 64.3 Å². The SMILES string of the molecule is CCCCCCOCC(=O)Nc1cc(Cl)ccc1N. The molecule has 106 valence electrons. The van der Waals surface area contributed by atoms with Crippen LogP contribution in [0.15, 0.2) is 18.2 Å². The molecule has 1 aromatic rings. The van der Waals surface area contributed by atoms with E-state index in [0.29, 0.717) is 23.0 Å². The summed E-state index contributed by atoms with van der Waals surface area (Å²) in [6, 6.07) is 4.95. The van der Waals surface area contributed by atoms with E-state index in [0.717, 1.165) is 12.8 Å². The molecule has 0 atom stereocenters. The van der Waals surface area contributed by atoms with E-state index in [1.807, 2.05) is 0 Å². The predicted molar refractivity (Wildman–Crippen MR) is 79.5 cm³/mol. The molecule has 1 amide bonds. The molecule has 0 saturated heterocycles. The molecular weight excluding hydrogens is 264 g/mol. The van der Waals surface area contributed by atoms with E-state index in [9.17, 15) is 4.79 Å². The van der Waals surface area contributed by atoms with Gasteiger partial charge in [-0.15, -0.1) is 0 Å². The number of carbonyl (C=O) groups is 1. The average molecular weight is 285 g/mol. The minimum Gasteiger partial charge on any atom is -0.397 e. The molecule has 0 aliphatic carbocycles. The molecule has 0 bridgehead atoms. The van der Waals surface area contributed by atoms with Crippen molar-refractivity contribution < 1.29 is 9.53 Å². The van der Waals surface area contributed by atoms with Crippen LogP contribution in [0.2, 0.25) is 5.02 Å². The second-order valence-corrected chi connectivity index (χ2v) is 4.83. The molecule has 0 saturated carbocycles. The third-order valence-corrected chi connectivity index (χ3v) is 2.90. The Labute approximate surface area is 119 Å². The van der Waals surface area contributed by atoms with Crippen molar-refractivity contribution in [2.75, 3.05) is 24.3 Å². The number of hydrogen-bond donors (Lipinski definition) is 2. The van der Waals surface area contributed by atoms with E-state index in [2.05, 4.69) is 12.2 Å². The van der Waals surface area contributed by atoms with Crippen molar-refractivity contribution in [2.45, 2.75) is 32.6 Å². The molecule has 0 spiro atoms. The maximum atomic E-state index is 11.6. The first-order chi connectivity index (χ1) is 9.13.